The first-order chi connectivity index (χ1) is 10.3. The predicted molar refractivity (Wildman–Crippen MR) is 99.1 cm³/mol. The lowest BCUT2D eigenvalue weighted by Gasteiger charge is -2.39. The SMILES string of the molecule is CC.CC.CC.CCN1CCC(C2CCN(C)CC2)CC1. The van der Waals surface area contributed by atoms with Crippen LogP contribution in [-0.2, 0) is 0 Å². The largest absolute Gasteiger partial charge is 0.306 e. The molecule has 0 radical (unpaired) electrons. The molecule has 2 saturated heterocycles. The normalized spacial score (nSPS) is 21.1. The topological polar surface area (TPSA) is 6.48 Å². The van der Waals surface area contributed by atoms with Crippen LogP contribution in [0.4, 0.5) is 0 Å². The standard InChI is InChI=1S/C13H26N2.3C2H6/c1-3-15-10-6-13(7-11-15)12-4-8-14(2)9-5-12;3*1-2/h12-13H,3-11H2,1-2H3;3*1-2H3. The van der Waals surface area contributed by atoms with E-state index in [0.717, 1.165) is 11.8 Å². The average Bonchev–Trinajstić information content (AvgIpc) is 2.61. The van der Waals surface area contributed by atoms with Crippen LogP contribution in [0.1, 0.15) is 74.1 Å². The first-order valence-electron chi connectivity index (χ1n) is 9.70. The first-order valence-corrected chi connectivity index (χ1v) is 9.70. The molecule has 0 aromatic carbocycles. The molecule has 2 aliphatic heterocycles. The Kier molecular flexibility index (Phi) is 18.0. The molecular formula is C19H44N2. The van der Waals surface area contributed by atoms with E-state index in [1.807, 2.05) is 41.5 Å². The average molecular weight is 301 g/mol. The van der Waals surface area contributed by atoms with Crippen molar-refractivity contribution in [1.82, 2.24) is 9.80 Å². The van der Waals surface area contributed by atoms with Gasteiger partial charge in [0, 0.05) is 0 Å². The number of hydrogen-bond acceptors (Lipinski definition) is 2. The lowest BCUT2D eigenvalue weighted by atomic mass is 9.79. The van der Waals surface area contributed by atoms with Gasteiger partial charge in [0.2, 0.25) is 0 Å². The summed E-state index contributed by atoms with van der Waals surface area (Å²) < 4.78 is 0. The first kappa shape index (κ1) is 23.2. The summed E-state index contributed by atoms with van der Waals surface area (Å²) in [5, 5.41) is 0. The predicted octanol–water partition coefficient (Wildman–Crippen LogP) is 5.14. The van der Waals surface area contributed by atoms with Crippen LogP contribution in [0.5, 0.6) is 0 Å². The molecule has 0 aromatic heterocycles. The molecule has 21 heavy (non-hydrogen) atoms. The Morgan fingerprint density at radius 3 is 1.33 bits per heavy atom. The zero-order chi connectivity index (χ0) is 16.7. The number of nitrogens with zero attached hydrogens (tertiary/aromatic N) is 2. The van der Waals surface area contributed by atoms with Crippen LogP contribution in [0.15, 0.2) is 0 Å². The van der Waals surface area contributed by atoms with Gasteiger partial charge < -0.3 is 9.80 Å². The molecular weight excluding hydrogens is 256 g/mol. The van der Waals surface area contributed by atoms with Gasteiger partial charge in [-0.25, -0.2) is 0 Å². The molecule has 2 nitrogen and oxygen atoms in total. The van der Waals surface area contributed by atoms with E-state index in [0.29, 0.717) is 0 Å². The Labute approximate surface area is 136 Å². The van der Waals surface area contributed by atoms with Gasteiger partial charge in [-0.05, 0) is 77.3 Å². The van der Waals surface area contributed by atoms with Crippen molar-refractivity contribution >= 4 is 0 Å². The molecule has 0 aromatic rings. The molecule has 130 valence electrons. The highest BCUT2D eigenvalue weighted by Gasteiger charge is 2.28. The fourth-order valence-corrected chi connectivity index (χ4v) is 3.24. The number of piperidine rings is 2. The van der Waals surface area contributed by atoms with E-state index < -0.39 is 0 Å². The van der Waals surface area contributed by atoms with Crippen LogP contribution >= 0.6 is 0 Å². The van der Waals surface area contributed by atoms with Crippen LogP contribution in [0, 0.1) is 11.8 Å². The van der Waals surface area contributed by atoms with E-state index in [1.54, 1.807) is 0 Å². The summed E-state index contributed by atoms with van der Waals surface area (Å²) >= 11 is 0. The quantitative estimate of drug-likeness (QED) is 0.697. The van der Waals surface area contributed by atoms with Crippen molar-refractivity contribution in [3.05, 3.63) is 0 Å². The van der Waals surface area contributed by atoms with E-state index in [-0.39, 0.29) is 0 Å². The van der Waals surface area contributed by atoms with E-state index in [9.17, 15) is 0 Å². The summed E-state index contributed by atoms with van der Waals surface area (Å²) in [7, 11) is 2.26. The fraction of sp³-hybridized carbons (Fsp3) is 1.00. The molecule has 0 amide bonds. The highest BCUT2D eigenvalue weighted by molar-refractivity contribution is 4.81. The minimum absolute atomic E-state index is 1.04. The van der Waals surface area contributed by atoms with Gasteiger partial charge in [-0.15, -0.1) is 0 Å². The van der Waals surface area contributed by atoms with Crippen LogP contribution in [0.2, 0.25) is 0 Å². The molecule has 0 bridgehead atoms. The molecule has 0 saturated carbocycles. The summed E-state index contributed by atoms with van der Waals surface area (Å²) in [6.07, 6.45) is 5.82. The van der Waals surface area contributed by atoms with Crippen LogP contribution in [-0.4, -0.2) is 49.6 Å². The fourth-order valence-electron chi connectivity index (χ4n) is 3.24. The zero-order valence-electron chi connectivity index (χ0n) is 16.4. The van der Waals surface area contributed by atoms with Gasteiger partial charge in [-0.2, -0.15) is 0 Å². The molecule has 0 atom stereocenters. The van der Waals surface area contributed by atoms with Gasteiger partial charge in [0.25, 0.3) is 0 Å². The molecule has 0 spiro atoms. The van der Waals surface area contributed by atoms with Crippen molar-refractivity contribution in [3.8, 4) is 0 Å². The van der Waals surface area contributed by atoms with Crippen LogP contribution in [0.3, 0.4) is 0 Å². The van der Waals surface area contributed by atoms with Crippen molar-refractivity contribution < 1.29 is 0 Å². The molecule has 0 N–H and O–H groups in total. The van der Waals surface area contributed by atoms with E-state index >= 15 is 0 Å². The summed E-state index contributed by atoms with van der Waals surface area (Å²) in [5.74, 6) is 2.08. The van der Waals surface area contributed by atoms with Gasteiger partial charge in [0.05, 0.1) is 0 Å². The van der Waals surface area contributed by atoms with E-state index in [1.165, 1.54) is 58.4 Å². The van der Waals surface area contributed by atoms with Crippen molar-refractivity contribution in [2.24, 2.45) is 11.8 Å². The Morgan fingerprint density at radius 1 is 0.667 bits per heavy atom. The highest BCUT2D eigenvalue weighted by Crippen LogP contribution is 2.31. The highest BCUT2D eigenvalue weighted by atomic mass is 15.1. The van der Waals surface area contributed by atoms with Crippen molar-refractivity contribution in [3.63, 3.8) is 0 Å². The molecule has 2 aliphatic rings. The summed E-state index contributed by atoms with van der Waals surface area (Å²) in [4.78, 5) is 5.09. The van der Waals surface area contributed by atoms with Crippen LogP contribution in [0.25, 0.3) is 0 Å². The molecule has 2 rings (SSSR count). The Hall–Kier alpha value is -0.0800. The Morgan fingerprint density at radius 2 is 1.00 bits per heavy atom. The summed E-state index contributed by atoms with van der Waals surface area (Å²) in [5.41, 5.74) is 0. The molecule has 0 unspecified atom stereocenters. The molecule has 2 heteroatoms. The van der Waals surface area contributed by atoms with Gasteiger partial charge in [-0.1, -0.05) is 48.5 Å². The number of hydrogen-bond donors (Lipinski definition) is 0. The minimum atomic E-state index is 1.04. The summed E-state index contributed by atoms with van der Waals surface area (Å²) in [6.45, 7) is 20.9. The lowest BCUT2D eigenvalue weighted by molar-refractivity contribution is 0.108. The molecule has 2 heterocycles. The third-order valence-electron chi connectivity index (χ3n) is 4.51. The lowest BCUT2D eigenvalue weighted by Crippen LogP contribution is -2.39. The molecule has 2 fully saturated rings. The van der Waals surface area contributed by atoms with Gasteiger partial charge >= 0.3 is 0 Å². The van der Waals surface area contributed by atoms with Crippen molar-refractivity contribution in [2.45, 2.75) is 74.1 Å². The Bertz CT molecular complexity index is 178. The third-order valence-corrected chi connectivity index (χ3v) is 4.51. The monoisotopic (exact) mass is 300 g/mol. The molecule has 0 aliphatic carbocycles. The second-order valence-electron chi connectivity index (χ2n) is 5.41. The maximum absolute atomic E-state index is 2.60. The minimum Gasteiger partial charge on any atom is -0.306 e. The van der Waals surface area contributed by atoms with Crippen molar-refractivity contribution in [1.29, 1.82) is 0 Å². The second-order valence-corrected chi connectivity index (χ2v) is 5.41. The van der Waals surface area contributed by atoms with Crippen molar-refractivity contribution in [2.75, 3.05) is 39.8 Å². The maximum atomic E-state index is 2.60. The zero-order valence-corrected chi connectivity index (χ0v) is 16.4. The van der Waals surface area contributed by atoms with Gasteiger partial charge in [0.15, 0.2) is 0 Å². The van der Waals surface area contributed by atoms with E-state index in [4.69, 9.17) is 0 Å². The smallest absolute Gasteiger partial charge is 0.00161 e. The van der Waals surface area contributed by atoms with Gasteiger partial charge in [-0.3, -0.25) is 0 Å². The number of rotatable bonds is 2. The van der Waals surface area contributed by atoms with Crippen LogP contribution < -0.4 is 0 Å². The van der Waals surface area contributed by atoms with E-state index in [2.05, 4.69) is 23.8 Å². The maximum Gasteiger partial charge on any atom is -0.00161 e. The number of likely N-dealkylation sites (tertiary alicyclic amines) is 2. The Balaban J connectivity index is 0. The summed E-state index contributed by atoms with van der Waals surface area (Å²) in [6, 6.07) is 0. The second kappa shape index (κ2) is 16.3. The third kappa shape index (κ3) is 9.52. The van der Waals surface area contributed by atoms with Gasteiger partial charge in [0.1, 0.15) is 0 Å².